The summed E-state index contributed by atoms with van der Waals surface area (Å²) in [7, 11) is 0. The molecule has 5 aliphatic rings. The van der Waals surface area contributed by atoms with Crippen LogP contribution in [-0.2, 0) is 14.3 Å². The van der Waals surface area contributed by atoms with Gasteiger partial charge in [0.05, 0.1) is 11.7 Å². The van der Waals surface area contributed by atoms with Crippen LogP contribution in [-0.4, -0.2) is 23.8 Å². The van der Waals surface area contributed by atoms with Gasteiger partial charge in [-0.05, 0) is 89.5 Å². The molecule has 0 radical (unpaired) electrons. The Kier molecular flexibility index (Phi) is 6.00. The van der Waals surface area contributed by atoms with Crippen LogP contribution in [0.5, 0.6) is 0 Å². The smallest absolute Gasteiger partial charge is 0.315 e. The molecule has 5 rings (SSSR count). The number of ether oxygens (including phenoxy) is 2. The first kappa shape index (κ1) is 23.1. The summed E-state index contributed by atoms with van der Waals surface area (Å²) in [6, 6.07) is 0. The van der Waals surface area contributed by atoms with E-state index in [0.717, 1.165) is 57.8 Å². The largest absolute Gasteiger partial charge is 0.461 e. The van der Waals surface area contributed by atoms with Gasteiger partial charge in [-0.15, -0.1) is 0 Å². The second kappa shape index (κ2) is 8.56. The van der Waals surface area contributed by atoms with Crippen molar-refractivity contribution in [1.82, 2.24) is 0 Å². The molecule has 2 fully saturated rings. The van der Waals surface area contributed by atoms with E-state index in [4.69, 9.17) is 9.47 Å². The van der Waals surface area contributed by atoms with Gasteiger partial charge < -0.3 is 9.47 Å². The van der Waals surface area contributed by atoms with Crippen molar-refractivity contribution in [3.63, 3.8) is 0 Å². The molecule has 0 aromatic carbocycles. The number of carbonyl (C=O) groups excluding carboxylic acids is 1. The lowest BCUT2D eigenvalue weighted by molar-refractivity contribution is -0.156. The minimum Gasteiger partial charge on any atom is -0.461 e. The number of esters is 1. The number of rotatable bonds is 1. The van der Waals surface area contributed by atoms with Crippen LogP contribution >= 0.6 is 0 Å². The molecular weight excluding hydrogens is 408 g/mol. The highest BCUT2D eigenvalue weighted by Crippen LogP contribution is 2.67. The third-order valence-electron chi connectivity index (χ3n) is 9.32. The van der Waals surface area contributed by atoms with Crippen LogP contribution in [0.15, 0.2) is 46.6 Å². The molecule has 6 atom stereocenters. The van der Waals surface area contributed by atoms with E-state index in [0.29, 0.717) is 11.8 Å². The first-order valence-electron chi connectivity index (χ1n) is 13.3. The van der Waals surface area contributed by atoms with Crippen molar-refractivity contribution in [3.8, 4) is 0 Å². The van der Waals surface area contributed by atoms with Gasteiger partial charge in [0.25, 0.3) is 0 Å². The van der Waals surface area contributed by atoms with Crippen LogP contribution in [0.4, 0.5) is 0 Å². The van der Waals surface area contributed by atoms with Gasteiger partial charge in [0.1, 0.15) is 11.5 Å². The number of hydrogen-bond donors (Lipinski definition) is 0. The summed E-state index contributed by atoms with van der Waals surface area (Å²) in [5.74, 6) is 0.983. The predicted molar refractivity (Wildman–Crippen MR) is 133 cm³/mol. The van der Waals surface area contributed by atoms with E-state index in [-0.39, 0.29) is 24.1 Å². The van der Waals surface area contributed by atoms with Crippen LogP contribution < -0.4 is 0 Å². The fourth-order valence-corrected chi connectivity index (χ4v) is 7.72. The zero-order valence-electron chi connectivity index (χ0n) is 21.3. The SMILES string of the molecule is CC1=CCCC2=CC3(CC(C)=CCC1)OC2C12CCC=C(C)CCC(C(C)C)C(OC1=O)C32. The number of carbonyl (C=O) groups is 1. The van der Waals surface area contributed by atoms with E-state index in [9.17, 15) is 4.79 Å². The quantitative estimate of drug-likeness (QED) is 0.312. The first-order chi connectivity index (χ1) is 15.8. The average molecular weight is 451 g/mol. The molecule has 3 heteroatoms. The zero-order chi connectivity index (χ0) is 23.4. The van der Waals surface area contributed by atoms with Crippen molar-refractivity contribution in [2.75, 3.05) is 0 Å². The maximum Gasteiger partial charge on any atom is 0.315 e. The topological polar surface area (TPSA) is 35.5 Å². The lowest BCUT2D eigenvalue weighted by Crippen LogP contribution is -2.50. The molecule has 0 saturated carbocycles. The predicted octanol–water partition coefficient (Wildman–Crippen LogP) is 7.24. The minimum atomic E-state index is -0.529. The summed E-state index contributed by atoms with van der Waals surface area (Å²) in [4.78, 5) is 13.9. The fraction of sp³-hybridized carbons (Fsp3) is 0.700. The lowest BCUT2D eigenvalue weighted by atomic mass is 9.56. The molecule has 6 unspecified atom stereocenters. The van der Waals surface area contributed by atoms with E-state index in [2.05, 4.69) is 58.9 Å². The molecule has 33 heavy (non-hydrogen) atoms. The molecule has 2 aliphatic carbocycles. The Labute approximate surface area is 200 Å². The standard InChI is InChI=1S/C30H42O3/c1-19(2)24-15-14-21(4)12-8-16-30-26(25(24)32-28(30)31)29-17-22(5)11-6-9-20(3)10-7-13-23(18-29)27(30)33-29/h10-12,18-19,24-27H,6-9,13-17H2,1-5H3. The third kappa shape index (κ3) is 3.70. The van der Waals surface area contributed by atoms with Crippen molar-refractivity contribution >= 4 is 5.97 Å². The summed E-state index contributed by atoms with van der Waals surface area (Å²) < 4.78 is 13.5. The molecule has 2 saturated heterocycles. The Hall–Kier alpha value is -1.61. The molecule has 0 aromatic rings. The van der Waals surface area contributed by atoms with Gasteiger partial charge in [0.2, 0.25) is 0 Å². The van der Waals surface area contributed by atoms with Crippen LogP contribution in [0.2, 0.25) is 0 Å². The van der Waals surface area contributed by atoms with Crippen molar-refractivity contribution in [3.05, 3.63) is 46.6 Å². The van der Waals surface area contributed by atoms with Gasteiger partial charge in [-0.25, -0.2) is 0 Å². The van der Waals surface area contributed by atoms with Gasteiger partial charge in [-0.2, -0.15) is 0 Å². The van der Waals surface area contributed by atoms with Crippen LogP contribution in [0.1, 0.15) is 92.4 Å². The summed E-state index contributed by atoms with van der Waals surface area (Å²) in [6.07, 6.45) is 18.5. The van der Waals surface area contributed by atoms with Gasteiger partial charge >= 0.3 is 5.97 Å². The minimum absolute atomic E-state index is 0.0222. The Morgan fingerprint density at radius 1 is 0.939 bits per heavy atom. The monoisotopic (exact) mass is 450 g/mol. The van der Waals surface area contributed by atoms with E-state index in [1.54, 1.807) is 0 Å². The van der Waals surface area contributed by atoms with E-state index >= 15 is 0 Å². The molecular formula is C30H42O3. The number of hydrogen-bond acceptors (Lipinski definition) is 3. The number of fused-ring (bicyclic) bond motifs is 2. The Morgan fingerprint density at radius 3 is 2.42 bits per heavy atom. The zero-order valence-corrected chi connectivity index (χ0v) is 21.3. The molecule has 5 bridgehead atoms. The molecule has 3 aliphatic heterocycles. The molecule has 0 aromatic heterocycles. The van der Waals surface area contributed by atoms with Crippen molar-refractivity contribution < 1.29 is 14.3 Å². The third-order valence-corrected chi connectivity index (χ3v) is 9.32. The average Bonchev–Trinajstić information content (AvgIpc) is 3.33. The Bertz CT molecular complexity index is 934. The van der Waals surface area contributed by atoms with Crippen molar-refractivity contribution in [2.45, 2.75) is 110 Å². The van der Waals surface area contributed by atoms with E-state index in [1.165, 1.54) is 22.3 Å². The van der Waals surface area contributed by atoms with Gasteiger partial charge in [0.15, 0.2) is 0 Å². The first-order valence-corrected chi connectivity index (χ1v) is 13.3. The van der Waals surface area contributed by atoms with Crippen LogP contribution in [0, 0.1) is 23.2 Å². The lowest BCUT2D eigenvalue weighted by Gasteiger charge is -2.41. The second-order valence-corrected chi connectivity index (χ2v) is 12.0. The molecule has 3 heterocycles. The molecule has 0 amide bonds. The highest BCUT2D eigenvalue weighted by Gasteiger charge is 2.76. The van der Waals surface area contributed by atoms with Crippen LogP contribution in [0.3, 0.4) is 0 Å². The Balaban J connectivity index is 1.64. The van der Waals surface area contributed by atoms with Gasteiger partial charge in [0, 0.05) is 12.3 Å². The fourth-order valence-electron chi connectivity index (χ4n) is 7.72. The second-order valence-electron chi connectivity index (χ2n) is 12.0. The highest BCUT2D eigenvalue weighted by molar-refractivity contribution is 5.83. The van der Waals surface area contributed by atoms with Gasteiger partial charge in [-0.3, -0.25) is 4.79 Å². The Morgan fingerprint density at radius 2 is 1.64 bits per heavy atom. The van der Waals surface area contributed by atoms with E-state index < -0.39 is 11.0 Å². The summed E-state index contributed by atoms with van der Waals surface area (Å²) in [5, 5.41) is 0. The maximum atomic E-state index is 13.9. The molecule has 3 nitrogen and oxygen atoms in total. The summed E-state index contributed by atoms with van der Waals surface area (Å²) >= 11 is 0. The maximum absolute atomic E-state index is 13.9. The summed E-state index contributed by atoms with van der Waals surface area (Å²) in [6.45, 7) is 11.4. The van der Waals surface area contributed by atoms with E-state index in [1.807, 2.05) is 0 Å². The molecule has 0 N–H and O–H groups in total. The molecule has 1 spiro atoms. The van der Waals surface area contributed by atoms with Gasteiger partial charge in [-0.1, -0.05) is 54.9 Å². The summed E-state index contributed by atoms with van der Waals surface area (Å²) in [5.41, 5.74) is 4.73. The molecule has 180 valence electrons. The number of allylic oxidation sites excluding steroid dienone is 5. The normalized spacial score (nSPS) is 41.2. The van der Waals surface area contributed by atoms with Crippen molar-refractivity contribution in [1.29, 1.82) is 0 Å². The highest BCUT2D eigenvalue weighted by atomic mass is 16.6. The van der Waals surface area contributed by atoms with Crippen molar-refractivity contribution in [2.24, 2.45) is 23.2 Å². The van der Waals surface area contributed by atoms with Crippen LogP contribution in [0.25, 0.3) is 0 Å².